The molecule has 0 aromatic heterocycles. The van der Waals surface area contributed by atoms with Gasteiger partial charge in [0.1, 0.15) is 0 Å². The van der Waals surface area contributed by atoms with Gasteiger partial charge in [-0.05, 0) is 20.3 Å². The lowest BCUT2D eigenvalue weighted by atomic mass is 9.97. The van der Waals surface area contributed by atoms with Crippen LogP contribution in [0.3, 0.4) is 0 Å². The molecule has 0 aliphatic rings. The van der Waals surface area contributed by atoms with Crippen molar-refractivity contribution >= 4 is 0 Å². The van der Waals surface area contributed by atoms with Crippen molar-refractivity contribution in [2.45, 2.75) is 83.8 Å². The lowest BCUT2D eigenvalue weighted by Gasteiger charge is -2.25. The topological polar surface area (TPSA) is 29.5 Å². The van der Waals surface area contributed by atoms with Crippen molar-refractivity contribution in [2.75, 3.05) is 7.11 Å². The van der Waals surface area contributed by atoms with Crippen LogP contribution in [-0.4, -0.2) is 23.9 Å². The molecule has 98 valence electrons. The fourth-order valence-electron chi connectivity index (χ4n) is 1.91. The van der Waals surface area contributed by atoms with Gasteiger partial charge in [-0.3, -0.25) is 0 Å². The summed E-state index contributed by atoms with van der Waals surface area (Å²) in [5.41, 5.74) is -0.193. The van der Waals surface area contributed by atoms with Gasteiger partial charge in [0.15, 0.2) is 0 Å². The third kappa shape index (κ3) is 9.17. The first-order valence-corrected chi connectivity index (χ1v) is 6.75. The van der Waals surface area contributed by atoms with Crippen LogP contribution >= 0.6 is 0 Å². The van der Waals surface area contributed by atoms with E-state index in [4.69, 9.17) is 4.74 Å². The van der Waals surface area contributed by atoms with Gasteiger partial charge >= 0.3 is 0 Å². The molecule has 0 aliphatic carbocycles. The standard InChI is InChI=1S/C14H30O2/c1-5-6-7-8-9-10-11-13(15)12-14(2,3)16-4/h13,15H,5-12H2,1-4H3. The fraction of sp³-hybridized carbons (Fsp3) is 1.00. The molecule has 2 nitrogen and oxygen atoms in total. The van der Waals surface area contributed by atoms with Crippen molar-refractivity contribution in [3.63, 3.8) is 0 Å². The molecule has 0 aromatic carbocycles. The van der Waals surface area contributed by atoms with E-state index in [2.05, 4.69) is 6.92 Å². The summed E-state index contributed by atoms with van der Waals surface area (Å²) in [7, 11) is 1.71. The third-order valence-electron chi connectivity index (χ3n) is 3.17. The smallest absolute Gasteiger partial charge is 0.0647 e. The number of aliphatic hydroxyl groups is 1. The highest BCUT2D eigenvalue weighted by atomic mass is 16.5. The predicted octanol–water partition coefficient (Wildman–Crippen LogP) is 3.91. The maximum Gasteiger partial charge on any atom is 0.0647 e. The lowest BCUT2D eigenvalue weighted by molar-refractivity contribution is -0.0215. The van der Waals surface area contributed by atoms with Crippen LogP contribution in [0, 0.1) is 0 Å². The first kappa shape index (κ1) is 15.9. The molecule has 0 saturated carbocycles. The average molecular weight is 230 g/mol. The molecule has 0 heterocycles. The molecule has 16 heavy (non-hydrogen) atoms. The quantitative estimate of drug-likeness (QED) is 0.576. The first-order valence-electron chi connectivity index (χ1n) is 6.75. The summed E-state index contributed by atoms with van der Waals surface area (Å²) in [6.45, 7) is 6.28. The molecule has 0 bridgehead atoms. The van der Waals surface area contributed by atoms with E-state index < -0.39 is 0 Å². The molecule has 0 amide bonds. The fourth-order valence-corrected chi connectivity index (χ4v) is 1.91. The van der Waals surface area contributed by atoms with Crippen molar-refractivity contribution in [3.8, 4) is 0 Å². The summed E-state index contributed by atoms with van der Waals surface area (Å²) in [6.07, 6.45) is 9.14. The van der Waals surface area contributed by atoms with Crippen LogP contribution in [0.5, 0.6) is 0 Å². The van der Waals surface area contributed by atoms with Gasteiger partial charge in [-0.2, -0.15) is 0 Å². The van der Waals surface area contributed by atoms with E-state index in [1.807, 2.05) is 13.8 Å². The molecule has 0 spiro atoms. The first-order chi connectivity index (χ1) is 7.52. The van der Waals surface area contributed by atoms with Gasteiger partial charge in [0.2, 0.25) is 0 Å². The molecule has 1 N–H and O–H groups in total. The van der Waals surface area contributed by atoms with Crippen molar-refractivity contribution in [1.82, 2.24) is 0 Å². The van der Waals surface area contributed by atoms with Crippen molar-refractivity contribution < 1.29 is 9.84 Å². The Morgan fingerprint density at radius 3 is 2.19 bits per heavy atom. The van der Waals surface area contributed by atoms with E-state index in [1.54, 1.807) is 7.11 Å². The number of unbranched alkanes of at least 4 members (excludes halogenated alkanes) is 5. The van der Waals surface area contributed by atoms with Gasteiger partial charge in [-0.25, -0.2) is 0 Å². The van der Waals surface area contributed by atoms with E-state index in [-0.39, 0.29) is 11.7 Å². The van der Waals surface area contributed by atoms with Crippen LogP contribution < -0.4 is 0 Å². The zero-order valence-corrected chi connectivity index (χ0v) is 11.6. The van der Waals surface area contributed by atoms with Crippen molar-refractivity contribution in [2.24, 2.45) is 0 Å². The molecule has 0 fully saturated rings. The SMILES string of the molecule is CCCCCCCCC(O)CC(C)(C)OC. The molecule has 0 saturated heterocycles. The van der Waals surface area contributed by atoms with Gasteiger partial charge in [0, 0.05) is 13.5 Å². The van der Waals surface area contributed by atoms with Gasteiger partial charge in [0.05, 0.1) is 11.7 Å². The van der Waals surface area contributed by atoms with E-state index in [0.717, 1.165) is 19.3 Å². The second kappa shape index (κ2) is 9.00. The largest absolute Gasteiger partial charge is 0.393 e. The summed E-state index contributed by atoms with van der Waals surface area (Å²) in [4.78, 5) is 0. The Kier molecular flexibility index (Phi) is 8.96. The number of aliphatic hydroxyl groups excluding tert-OH is 1. The van der Waals surface area contributed by atoms with Gasteiger partial charge in [0.25, 0.3) is 0 Å². The van der Waals surface area contributed by atoms with E-state index in [1.165, 1.54) is 32.1 Å². The van der Waals surface area contributed by atoms with Crippen molar-refractivity contribution in [3.05, 3.63) is 0 Å². The van der Waals surface area contributed by atoms with Crippen LogP contribution in [0.2, 0.25) is 0 Å². The highest BCUT2D eigenvalue weighted by molar-refractivity contribution is 4.72. The Labute approximate surface area is 101 Å². The van der Waals surface area contributed by atoms with E-state index in [0.29, 0.717) is 0 Å². The zero-order chi connectivity index (χ0) is 12.4. The molecular weight excluding hydrogens is 200 g/mol. The highest BCUT2D eigenvalue weighted by Gasteiger charge is 2.20. The Morgan fingerprint density at radius 1 is 1.06 bits per heavy atom. The van der Waals surface area contributed by atoms with Crippen LogP contribution in [0.15, 0.2) is 0 Å². The summed E-state index contributed by atoms with van der Waals surface area (Å²) >= 11 is 0. The number of rotatable bonds is 10. The normalized spacial score (nSPS) is 14.1. The van der Waals surface area contributed by atoms with Crippen LogP contribution in [0.25, 0.3) is 0 Å². The highest BCUT2D eigenvalue weighted by Crippen LogP contribution is 2.19. The van der Waals surface area contributed by atoms with E-state index >= 15 is 0 Å². The van der Waals surface area contributed by atoms with Crippen LogP contribution in [0.4, 0.5) is 0 Å². The van der Waals surface area contributed by atoms with Gasteiger partial charge in [-0.15, -0.1) is 0 Å². The third-order valence-corrected chi connectivity index (χ3v) is 3.17. The van der Waals surface area contributed by atoms with Gasteiger partial charge in [-0.1, -0.05) is 45.4 Å². The Balaban J connectivity index is 3.40. The van der Waals surface area contributed by atoms with Crippen LogP contribution in [0.1, 0.15) is 72.1 Å². The second-order valence-electron chi connectivity index (χ2n) is 5.38. The molecule has 0 aromatic rings. The van der Waals surface area contributed by atoms with E-state index in [9.17, 15) is 5.11 Å². The summed E-state index contributed by atoms with van der Waals surface area (Å²) in [5, 5.41) is 9.84. The van der Waals surface area contributed by atoms with Crippen LogP contribution in [-0.2, 0) is 4.74 Å². The number of ether oxygens (including phenoxy) is 1. The monoisotopic (exact) mass is 230 g/mol. The second-order valence-corrected chi connectivity index (χ2v) is 5.38. The molecular formula is C14H30O2. The summed E-state index contributed by atoms with van der Waals surface area (Å²) < 4.78 is 5.31. The summed E-state index contributed by atoms with van der Waals surface area (Å²) in [5.74, 6) is 0. The predicted molar refractivity (Wildman–Crippen MR) is 69.7 cm³/mol. The molecule has 0 rings (SSSR count). The molecule has 0 aliphatic heterocycles. The minimum atomic E-state index is -0.207. The average Bonchev–Trinajstić information content (AvgIpc) is 2.22. The Morgan fingerprint density at radius 2 is 1.62 bits per heavy atom. The molecule has 1 unspecified atom stereocenters. The summed E-state index contributed by atoms with van der Waals surface area (Å²) in [6, 6.07) is 0. The molecule has 2 heteroatoms. The minimum absolute atomic E-state index is 0.193. The zero-order valence-electron chi connectivity index (χ0n) is 11.6. The maximum absolute atomic E-state index is 9.84. The molecule has 1 atom stereocenters. The Bertz CT molecular complexity index is 155. The lowest BCUT2D eigenvalue weighted by Crippen LogP contribution is -2.28. The van der Waals surface area contributed by atoms with Crippen molar-refractivity contribution in [1.29, 1.82) is 0 Å². The number of methoxy groups -OCH3 is 1. The molecule has 0 radical (unpaired) electrons. The Hall–Kier alpha value is -0.0800. The number of hydrogen-bond acceptors (Lipinski definition) is 2. The maximum atomic E-state index is 9.84. The van der Waals surface area contributed by atoms with Gasteiger partial charge < -0.3 is 9.84 Å². The number of hydrogen-bond donors (Lipinski definition) is 1. The minimum Gasteiger partial charge on any atom is -0.393 e.